The van der Waals surface area contributed by atoms with Crippen molar-refractivity contribution in [3.63, 3.8) is 0 Å². The number of Topliss-reactive ketones (excluding diaryl/α,β-unsaturated/α-hetero) is 1. The summed E-state index contributed by atoms with van der Waals surface area (Å²) in [5.41, 5.74) is -0.372. The van der Waals surface area contributed by atoms with Crippen molar-refractivity contribution in [2.45, 2.75) is 32.2 Å². The van der Waals surface area contributed by atoms with Crippen LogP contribution in [-0.4, -0.2) is 38.3 Å². The molecule has 22 heavy (non-hydrogen) atoms. The summed E-state index contributed by atoms with van der Waals surface area (Å²) in [5, 5.41) is 6.30. The number of carbonyl (C=O) groups is 2. The Hall–Kier alpha value is -2.22. The van der Waals surface area contributed by atoms with Crippen molar-refractivity contribution >= 4 is 23.0 Å². The van der Waals surface area contributed by atoms with Crippen LogP contribution in [0, 0.1) is 0 Å². The van der Waals surface area contributed by atoms with Crippen molar-refractivity contribution in [1.82, 2.24) is 20.1 Å². The standard InChI is InChI=1S/C14H16N4O3S/c1-8(19)10-5-6-11(22-10)13(20)18-7-3-2-4-9(18)12-15-14(21)17-16-12/h5-6,9H,2-4,7H2,1H3,(H2,15,16,17,21). The predicted octanol–water partition coefficient (Wildman–Crippen LogP) is 1.73. The molecule has 3 rings (SSSR count). The van der Waals surface area contributed by atoms with Gasteiger partial charge in [-0.3, -0.25) is 14.6 Å². The Morgan fingerprint density at radius 3 is 2.73 bits per heavy atom. The Bertz CT molecular complexity index is 760. The zero-order chi connectivity index (χ0) is 15.7. The van der Waals surface area contributed by atoms with E-state index in [1.807, 2.05) is 0 Å². The van der Waals surface area contributed by atoms with Gasteiger partial charge >= 0.3 is 5.69 Å². The number of amides is 1. The van der Waals surface area contributed by atoms with Crippen LogP contribution in [0.1, 0.15) is 57.4 Å². The van der Waals surface area contributed by atoms with Gasteiger partial charge in [0.1, 0.15) is 0 Å². The van der Waals surface area contributed by atoms with Crippen molar-refractivity contribution < 1.29 is 9.59 Å². The van der Waals surface area contributed by atoms with Gasteiger partial charge in [-0.1, -0.05) is 0 Å². The van der Waals surface area contributed by atoms with Crippen molar-refractivity contribution in [2.24, 2.45) is 0 Å². The quantitative estimate of drug-likeness (QED) is 0.841. The number of aromatic nitrogens is 3. The molecule has 0 aromatic carbocycles. The first-order valence-corrected chi connectivity index (χ1v) is 7.94. The maximum atomic E-state index is 12.7. The molecule has 116 valence electrons. The van der Waals surface area contributed by atoms with Gasteiger partial charge in [0.05, 0.1) is 15.8 Å². The van der Waals surface area contributed by atoms with E-state index in [-0.39, 0.29) is 23.4 Å². The summed E-state index contributed by atoms with van der Waals surface area (Å²) in [6.07, 6.45) is 2.66. The highest BCUT2D eigenvalue weighted by molar-refractivity contribution is 7.15. The summed E-state index contributed by atoms with van der Waals surface area (Å²) in [4.78, 5) is 40.8. The highest BCUT2D eigenvalue weighted by atomic mass is 32.1. The van der Waals surface area contributed by atoms with Crippen LogP contribution in [0.15, 0.2) is 16.9 Å². The molecular formula is C14H16N4O3S. The maximum Gasteiger partial charge on any atom is 0.340 e. The Morgan fingerprint density at radius 1 is 1.32 bits per heavy atom. The van der Waals surface area contributed by atoms with Gasteiger partial charge in [0.15, 0.2) is 11.6 Å². The molecule has 1 atom stereocenters. The van der Waals surface area contributed by atoms with E-state index in [1.54, 1.807) is 17.0 Å². The van der Waals surface area contributed by atoms with Gasteiger partial charge in [0.2, 0.25) is 0 Å². The molecule has 1 fully saturated rings. The molecule has 1 saturated heterocycles. The van der Waals surface area contributed by atoms with Gasteiger partial charge in [0, 0.05) is 6.54 Å². The Balaban J connectivity index is 1.87. The largest absolute Gasteiger partial charge is 0.340 e. The molecule has 0 bridgehead atoms. The number of hydrogen-bond donors (Lipinski definition) is 2. The minimum atomic E-state index is -0.372. The number of thiophene rings is 1. The molecule has 1 unspecified atom stereocenters. The lowest BCUT2D eigenvalue weighted by Gasteiger charge is -2.33. The van der Waals surface area contributed by atoms with Crippen LogP contribution >= 0.6 is 11.3 Å². The summed E-state index contributed by atoms with van der Waals surface area (Å²) in [6, 6.07) is 3.13. The molecule has 1 amide bonds. The van der Waals surface area contributed by atoms with E-state index in [2.05, 4.69) is 15.2 Å². The summed E-state index contributed by atoms with van der Waals surface area (Å²) in [6.45, 7) is 2.10. The Labute approximate surface area is 130 Å². The Kier molecular flexibility index (Phi) is 3.93. The summed E-state index contributed by atoms with van der Waals surface area (Å²) in [7, 11) is 0. The number of nitrogens with one attached hydrogen (secondary N) is 2. The average Bonchev–Trinajstić information content (AvgIpc) is 3.15. The third-order valence-electron chi connectivity index (χ3n) is 3.76. The van der Waals surface area contributed by atoms with Crippen LogP contribution in [0.2, 0.25) is 0 Å². The first-order chi connectivity index (χ1) is 10.6. The highest BCUT2D eigenvalue weighted by Gasteiger charge is 2.31. The SMILES string of the molecule is CC(=O)c1ccc(C(=O)N2CCCCC2c2n[nH]c(=O)[nH]2)s1. The minimum absolute atomic E-state index is 0.0455. The lowest BCUT2D eigenvalue weighted by Crippen LogP contribution is -2.38. The molecule has 0 radical (unpaired) electrons. The zero-order valence-corrected chi connectivity index (χ0v) is 12.9. The van der Waals surface area contributed by atoms with Crippen LogP contribution in [0.25, 0.3) is 0 Å². The van der Waals surface area contributed by atoms with Gasteiger partial charge in [-0.15, -0.1) is 11.3 Å². The van der Waals surface area contributed by atoms with Crippen molar-refractivity contribution in [3.8, 4) is 0 Å². The molecule has 2 N–H and O–H groups in total. The number of likely N-dealkylation sites (tertiary alicyclic amines) is 1. The topological polar surface area (TPSA) is 98.9 Å². The van der Waals surface area contributed by atoms with Gasteiger partial charge < -0.3 is 4.90 Å². The number of piperidine rings is 1. The van der Waals surface area contributed by atoms with Crippen molar-refractivity contribution in [2.75, 3.05) is 6.54 Å². The van der Waals surface area contributed by atoms with Gasteiger partial charge in [-0.25, -0.2) is 9.89 Å². The van der Waals surface area contributed by atoms with E-state index in [4.69, 9.17) is 0 Å². The second-order valence-corrected chi connectivity index (χ2v) is 6.38. The second-order valence-electron chi connectivity index (χ2n) is 5.29. The fraction of sp³-hybridized carbons (Fsp3) is 0.429. The van der Waals surface area contributed by atoms with E-state index < -0.39 is 0 Å². The molecule has 0 spiro atoms. The van der Waals surface area contributed by atoms with Crippen LogP contribution in [0.4, 0.5) is 0 Å². The van der Waals surface area contributed by atoms with Crippen LogP contribution in [-0.2, 0) is 0 Å². The minimum Gasteiger partial charge on any atom is -0.328 e. The second kappa shape index (κ2) is 5.88. The third-order valence-corrected chi connectivity index (χ3v) is 4.94. The number of carbonyl (C=O) groups excluding carboxylic acids is 2. The molecule has 0 aliphatic carbocycles. The fourth-order valence-corrected chi connectivity index (χ4v) is 3.54. The first-order valence-electron chi connectivity index (χ1n) is 7.12. The summed E-state index contributed by atoms with van der Waals surface area (Å²) < 4.78 is 0. The van der Waals surface area contributed by atoms with E-state index in [0.717, 1.165) is 19.3 Å². The van der Waals surface area contributed by atoms with Crippen LogP contribution < -0.4 is 5.69 Å². The molecule has 2 aromatic rings. The van der Waals surface area contributed by atoms with Crippen molar-refractivity contribution in [1.29, 1.82) is 0 Å². The van der Waals surface area contributed by atoms with Gasteiger partial charge in [-0.05, 0) is 38.3 Å². The Morgan fingerprint density at radius 2 is 2.09 bits per heavy atom. The molecule has 1 aliphatic heterocycles. The van der Waals surface area contributed by atoms with E-state index in [1.165, 1.54) is 18.3 Å². The number of aromatic amines is 2. The zero-order valence-electron chi connectivity index (χ0n) is 12.1. The smallest absolute Gasteiger partial charge is 0.328 e. The molecule has 3 heterocycles. The summed E-state index contributed by atoms with van der Waals surface area (Å²) >= 11 is 1.20. The van der Waals surface area contributed by atoms with Gasteiger partial charge in [0.25, 0.3) is 5.91 Å². The number of nitrogens with zero attached hydrogens (tertiary/aromatic N) is 2. The highest BCUT2D eigenvalue weighted by Crippen LogP contribution is 2.31. The van der Waals surface area contributed by atoms with Crippen LogP contribution in [0.5, 0.6) is 0 Å². The number of hydrogen-bond acceptors (Lipinski definition) is 5. The predicted molar refractivity (Wildman–Crippen MR) is 81.2 cm³/mol. The first kappa shape index (κ1) is 14.7. The van der Waals surface area contributed by atoms with E-state index in [0.29, 0.717) is 22.1 Å². The normalized spacial score (nSPS) is 18.4. The van der Waals surface area contributed by atoms with E-state index in [9.17, 15) is 14.4 Å². The monoisotopic (exact) mass is 320 g/mol. The lowest BCUT2D eigenvalue weighted by molar-refractivity contribution is 0.0605. The number of H-pyrrole nitrogens is 2. The van der Waals surface area contributed by atoms with E-state index >= 15 is 0 Å². The molecule has 8 heteroatoms. The maximum absolute atomic E-state index is 12.7. The fourth-order valence-electron chi connectivity index (χ4n) is 2.68. The average molecular weight is 320 g/mol. The van der Waals surface area contributed by atoms with Crippen LogP contribution in [0.3, 0.4) is 0 Å². The molecule has 7 nitrogen and oxygen atoms in total. The molecular weight excluding hydrogens is 304 g/mol. The third kappa shape index (κ3) is 2.74. The molecule has 1 aliphatic rings. The molecule has 2 aromatic heterocycles. The lowest BCUT2D eigenvalue weighted by atomic mass is 10.0. The van der Waals surface area contributed by atoms with Crippen molar-refractivity contribution in [3.05, 3.63) is 38.2 Å². The molecule has 0 saturated carbocycles. The number of rotatable bonds is 3. The number of ketones is 1. The van der Waals surface area contributed by atoms with Gasteiger partial charge in [-0.2, -0.15) is 5.10 Å². The summed E-state index contributed by atoms with van der Waals surface area (Å²) in [5.74, 6) is 0.323.